The van der Waals surface area contributed by atoms with Crippen LogP contribution in [0.25, 0.3) is 0 Å². The molecule has 0 saturated carbocycles. The van der Waals surface area contributed by atoms with Crippen LogP contribution in [-0.4, -0.2) is 15.0 Å². The van der Waals surface area contributed by atoms with Gasteiger partial charge in [0.15, 0.2) is 0 Å². The summed E-state index contributed by atoms with van der Waals surface area (Å²) in [6.45, 7) is 2.52. The Morgan fingerprint density at radius 3 is 1.78 bits per heavy atom. The summed E-state index contributed by atoms with van der Waals surface area (Å²) in [5, 5.41) is 0. The molecule has 0 aromatic heterocycles. The molecule has 0 aliphatic heterocycles. The minimum absolute atomic E-state index is 0. The molecule has 1 rings (SSSR count). The van der Waals surface area contributed by atoms with Gasteiger partial charge in [-0.2, -0.15) is 8.42 Å². The molecule has 0 fully saturated rings. The number of hydrogen-bond acceptors (Lipinski definition) is 3. The van der Waals surface area contributed by atoms with E-state index in [4.69, 9.17) is 4.18 Å². The van der Waals surface area contributed by atoms with E-state index >= 15 is 0 Å². The number of benzene rings is 1. The minimum atomic E-state index is -3.57. The molecule has 0 saturated heterocycles. The topological polar surface area (TPSA) is 43.4 Å². The van der Waals surface area contributed by atoms with Gasteiger partial charge in [0.1, 0.15) is 0 Å². The Labute approximate surface area is 152 Å². The van der Waals surface area contributed by atoms with Crippen LogP contribution in [0.15, 0.2) is 35.2 Å². The van der Waals surface area contributed by atoms with Crippen molar-refractivity contribution in [3.8, 4) is 0 Å². The van der Waals surface area contributed by atoms with Gasteiger partial charge >= 0.3 is 17.1 Å². The maximum Gasteiger partial charge on any atom is 2.00 e. The molecule has 132 valence electrons. The molecule has 0 radical (unpaired) electrons. The zero-order valence-corrected chi connectivity index (χ0v) is 16.1. The molecule has 0 unspecified atom stereocenters. The normalized spacial score (nSPS) is 11.2. The maximum atomic E-state index is 11.9. The number of rotatable bonds is 13. The van der Waals surface area contributed by atoms with Gasteiger partial charge in [0, 0.05) is 0 Å². The molecule has 0 spiro atoms. The predicted octanol–water partition coefficient (Wildman–Crippen LogP) is 5.31. The fourth-order valence-corrected chi connectivity index (χ4v) is 3.38. The average molecular weight is 382 g/mol. The van der Waals surface area contributed by atoms with Gasteiger partial charge < -0.3 is 0 Å². The number of hydrogen-bond donors (Lipinski definition) is 0. The summed E-state index contributed by atoms with van der Waals surface area (Å²) in [7, 11) is -3.57. The summed E-state index contributed by atoms with van der Waals surface area (Å²) in [5.41, 5.74) is 0. The molecule has 5 heteroatoms. The molecule has 23 heavy (non-hydrogen) atoms. The van der Waals surface area contributed by atoms with Crippen LogP contribution < -0.4 is 0 Å². The van der Waals surface area contributed by atoms with Crippen molar-refractivity contribution in [1.82, 2.24) is 0 Å². The maximum absolute atomic E-state index is 11.9. The third-order valence-corrected chi connectivity index (χ3v) is 5.09. The summed E-state index contributed by atoms with van der Waals surface area (Å²) < 4.78 is 28.8. The first-order chi connectivity index (χ1) is 10.7. The van der Waals surface area contributed by atoms with E-state index < -0.39 is 10.1 Å². The van der Waals surface area contributed by atoms with Crippen molar-refractivity contribution in [1.29, 1.82) is 0 Å². The molecule has 0 amide bonds. The van der Waals surface area contributed by atoms with Crippen molar-refractivity contribution < 1.29 is 29.7 Å². The van der Waals surface area contributed by atoms with E-state index in [0.29, 0.717) is 0 Å². The molecule has 0 atom stereocenters. The molecule has 0 aliphatic rings. The first kappa shape index (κ1) is 22.6. The zero-order chi connectivity index (χ0) is 16.1. The van der Waals surface area contributed by atoms with E-state index in [1.54, 1.807) is 30.3 Å². The largest absolute Gasteiger partial charge is 2.00 e. The van der Waals surface area contributed by atoms with Gasteiger partial charge in [-0.3, -0.25) is 4.18 Å². The Hall–Kier alpha value is -0.351. The van der Waals surface area contributed by atoms with Crippen LogP contribution >= 0.6 is 0 Å². The first-order valence-corrected chi connectivity index (χ1v) is 10.0. The third kappa shape index (κ3) is 10.9. The van der Waals surface area contributed by atoms with Gasteiger partial charge in [-0.25, -0.2) is 0 Å². The van der Waals surface area contributed by atoms with Gasteiger partial charge in [0.05, 0.1) is 11.5 Å². The summed E-state index contributed by atoms with van der Waals surface area (Å²) in [5.74, 6) is 0. The van der Waals surface area contributed by atoms with Crippen molar-refractivity contribution in [2.24, 2.45) is 0 Å². The van der Waals surface area contributed by atoms with Crippen LogP contribution in [0.5, 0.6) is 0 Å². The summed E-state index contributed by atoms with van der Waals surface area (Å²) in [6.07, 6.45) is 12.3. The van der Waals surface area contributed by atoms with E-state index in [-0.39, 0.29) is 28.6 Å². The van der Waals surface area contributed by atoms with Gasteiger partial charge in [0.25, 0.3) is 10.1 Å². The summed E-state index contributed by atoms with van der Waals surface area (Å²) in [4.78, 5) is 0.238. The van der Waals surface area contributed by atoms with Crippen LogP contribution in [0.2, 0.25) is 0 Å². The second-order valence-electron chi connectivity index (χ2n) is 5.77. The number of unbranched alkanes of at least 4 members (excludes halogenated alkanes) is 9. The van der Waals surface area contributed by atoms with Crippen LogP contribution in [0.4, 0.5) is 0 Å². The fourth-order valence-electron chi connectivity index (χ4n) is 2.41. The average Bonchev–Trinajstić information content (AvgIpc) is 2.53. The Bertz CT molecular complexity index is 474. The van der Waals surface area contributed by atoms with Crippen molar-refractivity contribution in [2.45, 2.75) is 76.0 Å². The molecule has 3 nitrogen and oxygen atoms in total. The Morgan fingerprint density at radius 2 is 1.26 bits per heavy atom. The molecule has 0 N–H and O–H groups in total. The van der Waals surface area contributed by atoms with Crippen LogP contribution in [-0.2, 0) is 31.4 Å². The zero-order valence-electron chi connectivity index (χ0n) is 14.2. The molecular weight excluding hydrogens is 352 g/mol. The van der Waals surface area contributed by atoms with E-state index in [0.717, 1.165) is 12.8 Å². The van der Waals surface area contributed by atoms with Crippen LogP contribution in [0, 0.1) is 0 Å². The quantitative estimate of drug-likeness (QED) is 0.264. The predicted molar refractivity (Wildman–Crippen MR) is 91.4 cm³/mol. The van der Waals surface area contributed by atoms with Crippen molar-refractivity contribution >= 4 is 10.1 Å². The summed E-state index contributed by atoms with van der Waals surface area (Å²) in [6, 6.07) is 8.33. The smallest absolute Gasteiger partial charge is 0.266 e. The molecule has 0 aliphatic carbocycles. The van der Waals surface area contributed by atoms with Gasteiger partial charge in [-0.05, 0) is 18.6 Å². The molecular formula is C18H30FeO3S+2. The van der Waals surface area contributed by atoms with E-state index in [1.165, 1.54) is 51.4 Å². The molecule has 0 heterocycles. The first-order valence-electron chi connectivity index (χ1n) is 8.61. The Balaban J connectivity index is 0.00000484. The van der Waals surface area contributed by atoms with E-state index in [9.17, 15) is 8.42 Å². The van der Waals surface area contributed by atoms with Crippen LogP contribution in [0.1, 0.15) is 71.1 Å². The van der Waals surface area contributed by atoms with E-state index in [2.05, 4.69) is 6.92 Å². The fraction of sp³-hybridized carbons (Fsp3) is 0.667. The van der Waals surface area contributed by atoms with Crippen molar-refractivity contribution in [3.63, 3.8) is 0 Å². The standard InChI is InChI=1S/C18H30O3S.Fe/c1-2-3-4-5-6-7-8-9-10-14-17-21-22(19,20)18-15-12-11-13-16-18;/h11-13,15-16H,2-10,14,17H2,1H3;/q;+2. The monoisotopic (exact) mass is 382 g/mol. The van der Waals surface area contributed by atoms with Crippen molar-refractivity contribution in [3.05, 3.63) is 30.3 Å². The van der Waals surface area contributed by atoms with Gasteiger partial charge in [0.2, 0.25) is 0 Å². The molecule has 1 aromatic carbocycles. The summed E-state index contributed by atoms with van der Waals surface area (Å²) >= 11 is 0. The minimum Gasteiger partial charge on any atom is -0.266 e. The van der Waals surface area contributed by atoms with Crippen molar-refractivity contribution in [2.75, 3.05) is 6.61 Å². The van der Waals surface area contributed by atoms with Gasteiger partial charge in [-0.15, -0.1) is 0 Å². The second-order valence-corrected chi connectivity index (χ2v) is 7.39. The van der Waals surface area contributed by atoms with Gasteiger partial charge in [-0.1, -0.05) is 82.9 Å². The second kappa shape index (κ2) is 14.0. The van der Waals surface area contributed by atoms with Crippen LogP contribution in [0.3, 0.4) is 0 Å². The Kier molecular flexibility index (Phi) is 13.8. The Morgan fingerprint density at radius 1 is 0.783 bits per heavy atom. The molecule has 0 bridgehead atoms. The third-order valence-electron chi connectivity index (χ3n) is 3.77. The van der Waals surface area contributed by atoms with E-state index in [1.807, 2.05) is 0 Å². The molecule has 1 aromatic rings. The SMILES string of the molecule is CCCCCCCCCCCCOS(=O)(=O)c1ccccc1.[Fe+2].